The molecule has 1 amide bonds. The second-order valence-electron chi connectivity index (χ2n) is 5.92. The number of carbonyl (C=O) groups excluding carboxylic acids is 1. The molecule has 138 valence electrons. The van der Waals surface area contributed by atoms with Crippen molar-refractivity contribution in [2.45, 2.75) is 13.1 Å². The Balaban J connectivity index is 1.71. The highest BCUT2D eigenvalue weighted by atomic mass is 19.4. The average molecular weight is 371 g/mol. The molecule has 0 atom stereocenters. The van der Waals surface area contributed by atoms with Crippen LogP contribution in [0.5, 0.6) is 0 Å². The molecule has 0 saturated carbocycles. The van der Waals surface area contributed by atoms with E-state index >= 15 is 0 Å². The third-order valence-electron chi connectivity index (χ3n) is 3.83. The number of rotatable bonds is 4. The number of alkyl halides is 3. The molecular formula is C20H16F3N3O. The van der Waals surface area contributed by atoms with Gasteiger partial charge < -0.3 is 10.6 Å². The van der Waals surface area contributed by atoms with Gasteiger partial charge >= 0.3 is 6.18 Å². The van der Waals surface area contributed by atoms with E-state index in [2.05, 4.69) is 15.6 Å². The molecule has 3 aromatic rings. The van der Waals surface area contributed by atoms with E-state index < -0.39 is 11.7 Å². The molecule has 0 fully saturated rings. The lowest BCUT2D eigenvalue weighted by molar-refractivity contribution is -0.136. The molecule has 0 aliphatic rings. The zero-order chi connectivity index (χ0) is 19.4. The van der Waals surface area contributed by atoms with E-state index in [9.17, 15) is 18.0 Å². The summed E-state index contributed by atoms with van der Waals surface area (Å²) in [5.74, 6) is -0.0131. The number of anilines is 3. The van der Waals surface area contributed by atoms with Crippen molar-refractivity contribution in [1.29, 1.82) is 0 Å². The summed E-state index contributed by atoms with van der Waals surface area (Å²) < 4.78 is 39.1. The summed E-state index contributed by atoms with van der Waals surface area (Å²) in [7, 11) is 0. The SMILES string of the molecule is Cc1ccc(C(=O)Nc2ccc(Nc3ccccc3C(F)(F)F)cn2)cc1. The summed E-state index contributed by atoms with van der Waals surface area (Å²) >= 11 is 0. The molecule has 4 nitrogen and oxygen atoms in total. The second-order valence-corrected chi connectivity index (χ2v) is 5.92. The van der Waals surface area contributed by atoms with Gasteiger partial charge in [-0.3, -0.25) is 4.79 Å². The number of halogens is 3. The first-order chi connectivity index (χ1) is 12.8. The standard InChI is InChI=1S/C20H16F3N3O/c1-13-6-8-14(9-7-13)19(27)26-18-11-10-15(12-24-18)25-17-5-3-2-4-16(17)20(21,22)23/h2-12,25H,1H3,(H,24,26,27). The summed E-state index contributed by atoms with van der Waals surface area (Å²) in [6.45, 7) is 1.92. The lowest BCUT2D eigenvalue weighted by atomic mass is 10.1. The summed E-state index contributed by atoms with van der Waals surface area (Å²) in [4.78, 5) is 16.2. The molecule has 0 aliphatic heterocycles. The smallest absolute Gasteiger partial charge is 0.354 e. The minimum absolute atomic E-state index is 0.0664. The lowest BCUT2D eigenvalue weighted by Gasteiger charge is -2.14. The largest absolute Gasteiger partial charge is 0.418 e. The highest BCUT2D eigenvalue weighted by Gasteiger charge is 2.33. The number of para-hydroxylation sites is 1. The van der Waals surface area contributed by atoms with Gasteiger partial charge in [0.05, 0.1) is 23.1 Å². The highest BCUT2D eigenvalue weighted by molar-refractivity contribution is 6.03. The van der Waals surface area contributed by atoms with E-state index in [0.717, 1.165) is 11.6 Å². The van der Waals surface area contributed by atoms with Gasteiger partial charge in [-0.25, -0.2) is 4.98 Å². The van der Waals surface area contributed by atoms with Crippen molar-refractivity contribution in [3.63, 3.8) is 0 Å². The van der Waals surface area contributed by atoms with Gasteiger partial charge in [0.15, 0.2) is 0 Å². The maximum atomic E-state index is 13.0. The third kappa shape index (κ3) is 4.63. The Morgan fingerprint density at radius 2 is 1.67 bits per heavy atom. The number of aromatic nitrogens is 1. The normalized spacial score (nSPS) is 11.1. The van der Waals surface area contributed by atoms with E-state index in [1.807, 2.05) is 19.1 Å². The maximum absolute atomic E-state index is 13.0. The molecule has 0 unspecified atom stereocenters. The van der Waals surface area contributed by atoms with Gasteiger partial charge in [-0.05, 0) is 43.3 Å². The fraction of sp³-hybridized carbons (Fsp3) is 0.100. The van der Waals surface area contributed by atoms with E-state index in [-0.39, 0.29) is 11.6 Å². The Labute approximate surface area is 154 Å². The van der Waals surface area contributed by atoms with Gasteiger partial charge in [0.2, 0.25) is 0 Å². The van der Waals surface area contributed by atoms with Crippen LogP contribution < -0.4 is 10.6 Å². The van der Waals surface area contributed by atoms with Crippen LogP contribution in [0.25, 0.3) is 0 Å². The van der Waals surface area contributed by atoms with Gasteiger partial charge in [0, 0.05) is 5.56 Å². The van der Waals surface area contributed by atoms with E-state index in [1.54, 1.807) is 18.2 Å². The lowest BCUT2D eigenvalue weighted by Crippen LogP contribution is -2.13. The molecule has 0 spiro atoms. The third-order valence-corrected chi connectivity index (χ3v) is 3.83. The minimum atomic E-state index is -4.46. The molecule has 27 heavy (non-hydrogen) atoms. The number of benzene rings is 2. The van der Waals surface area contributed by atoms with Gasteiger partial charge in [0.25, 0.3) is 5.91 Å². The summed E-state index contributed by atoms with van der Waals surface area (Å²) in [5.41, 5.74) is 1.08. The molecule has 0 radical (unpaired) electrons. The van der Waals surface area contributed by atoms with E-state index in [1.165, 1.54) is 30.5 Å². The predicted octanol–water partition coefficient (Wildman–Crippen LogP) is 5.40. The molecule has 0 bridgehead atoms. The summed E-state index contributed by atoms with van der Waals surface area (Å²) in [5, 5.41) is 5.35. The number of aryl methyl sites for hydroxylation is 1. The molecule has 7 heteroatoms. The molecule has 0 saturated heterocycles. The fourth-order valence-corrected chi connectivity index (χ4v) is 2.43. The van der Waals surface area contributed by atoms with Crippen LogP contribution in [0.15, 0.2) is 66.9 Å². The first-order valence-corrected chi connectivity index (χ1v) is 8.10. The van der Waals surface area contributed by atoms with Crippen molar-refractivity contribution in [3.8, 4) is 0 Å². The van der Waals surface area contributed by atoms with E-state index in [0.29, 0.717) is 17.1 Å². The number of nitrogens with one attached hydrogen (secondary N) is 2. The monoisotopic (exact) mass is 371 g/mol. The first kappa shape index (κ1) is 18.4. The number of hydrogen-bond donors (Lipinski definition) is 2. The Morgan fingerprint density at radius 3 is 2.30 bits per heavy atom. The summed E-state index contributed by atoms with van der Waals surface area (Å²) in [6.07, 6.45) is -3.10. The zero-order valence-corrected chi connectivity index (χ0v) is 14.3. The highest BCUT2D eigenvalue weighted by Crippen LogP contribution is 2.35. The van der Waals surface area contributed by atoms with Crippen LogP contribution in [-0.4, -0.2) is 10.9 Å². The number of amides is 1. The Hall–Kier alpha value is -3.35. The number of pyridine rings is 1. The molecular weight excluding hydrogens is 355 g/mol. The van der Waals surface area contributed by atoms with Gasteiger partial charge in [-0.1, -0.05) is 29.8 Å². The van der Waals surface area contributed by atoms with Crippen LogP contribution >= 0.6 is 0 Å². The number of hydrogen-bond acceptors (Lipinski definition) is 3. The molecule has 3 rings (SSSR count). The van der Waals surface area contributed by atoms with Crippen LogP contribution in [0.2, 0.25) is 0 Å². The van der Waals surface area contributed by atoms with Crippen LogP contribution in [0.1, 0.15) is 21.5 Å². The van der Waals surface area contributed by atoms with Crippen LogP contribution in [0, 0.1) is 6.92 Å². The average Bonchev–Trinajstić information content (AvgIpc) is 2.63. The van der Waals surface area contributed by atoms with Crippen molar-refractivity contribution < 1.29 is 18.0 Å². The first-order valence-electron chi connectivity index (χ1n) is 8.10. The maximum Gasteiger partial charge on any atom is 0.418 e. The van der Waals surface area contributed by atoms with Gasteiger partial charge in [-0.2, -0.15) is 13.2 Å². The summed E-state index contributed by atoms with van der Waals surface area (Å²) in [6, 6.07) is 15.3. The van der Waals surface area contributed by atoms with Crippen molar-refractivity contribution in [2.75, 3.05) is 10.6 Å². The quantitative estimate of drug-likeness (QED) is 0.645. The minimum Gasteiger partial charge on any atom is -0.354 e. The van der Waals surface area contributed by atoms with Crippen LogP contribution in [-0.2, 0) is 6.18 Å². The Morgan fingerprint density at radius 1 is 0.963 bits per heavy atom. The number of nitrogens with zero attached hydrogens (tertiary/aromatic N) is 1. The zero-order valence-electron chi connectivity index (χ0n) is 14.3. The molecule has 2 N–H and O–H groups in total. The van der Waals surface area contributed by atoms with Crippen molar-refractivity contribution in [3.05, 3.63) is 83.6 Å². The molecule has 2 aromatic carbocycles. The van der Waals surface area contributed by atoms with Crippen LogP contribution in [0.3, 0.4) is 0 Å². The Bertz CT molecular complexity index is 936. The van der Waals surface area contributed by atoms with Crippen molar-refractivity contribution in [2.24, 2.45) is 0 Å². The van der Waals surface area contributed by atoms with Crippen LogP contribution in [0.4, 0.5) is 30.4 Å². The molecule has 0 aliphatic carbocycles. The second kappa shape index (κ2) is 7.49. The van der Waals surface area contributed by atoms with Crippen molar-refractivity contribution in [1.82, 2.24) is 4.98 Å². The number of carbonyl (C=O) groups is 1. The molecule has 1 heterocycles. The topological polar surface area (TPSA) is 54.0 Å². The fourth-order valence-electron chi connectivity index (χ4n) is 2.43. The predicted molar refractivity (Wildman–Crippen MR) is 98.1 cm³/mol. The Kier molecular flexibility index (Phi) is 5.12. The van der Waals surface area contributed by atoms with E-state index in [4.69, 9.17) is 0 Å². The van der Waals surface area contributed by atoms with Crippen molar-refractivity contribution >= 4 is 23.1 Å². The molecule has 1 aromatic heterocycles. The van der Waals surface area contributed by atoms with Gasteiger partial charge in [0.1, 0.15) is 5.82 Å². The van der Waals surface area contributed by atoms with Gasteiger partial charge in [-0.15, -0.1) is 0 Å².